The van der Waals surface area contributed by atoms with Crippen molar-refractivity contribution in [3.8, 4) is 6.07 Å². The summed E-state index contributed by atoms with van der Waals surface area (Å²) in [6.07, 6.45) is 2.52. The average molecular weight is 236 g/mol. The molecule has 0 aromatic carbocycles. The number of nitrogens with zero attached hydrogens (tertiary/aromatic N) is 3. The van der Waals surface area contributed by atoms with Crippen LogP contribution in [0.4, 0.5) is 0 Å². The van der Waals surface area contributed by atoms with Gasteiger partial charge in [0.1, 0.15) is 6.54 Å². The van der Waals surface area contributed by atoms with Crippen molar-refractivity contribution in [1.29, 1.82) is 5.26 Å². The molecule has 0 aromatic rings. The van der Waals surface area contributed by atoms with E-state index >= 15 is 0 Å². The Balaban J connectivity index is 1.77. The molecule has 6 heteroatoms. The zero-order chi connectivity index (χ0) is 12.3. The molecule has 1 aliphatic carbocycles. The van der Waals surface area contributed by atoms with Gasteiger partial charge in [-0.2, -0.15) is 5.26 Å². The van der Waals surface area contributed by atoms with Crippen LogP contribution in [0.2, 0.25) is 0 Å². The van der Waals surface area contributed by atoms with Crippen LogP contribution in [0.15, 0.2) is 0 Å². The van der Waals surface area contributed by atoms with Gasteiger partial charge in [0.15, 0.2) is 0 Å². The quantitative estimate of drug-likeness (QED) is 0.489. The maximum atomic E-state index is 11.7. The van der Waals surface area contributed by atoms with Crippen LogP contribution < -0.4 is 5.32 Å². The van der Waals surface area contributed by atoms with Crippen molar-refractivity contribution in [3.05, 3.63) is 0 Å². The number of rotatable bonds is 2. The highest BCUT2D eigenvalue weighted by Crippen LogP contribution is 2.27. The lowest BCUT2D eigenvalue weighted by molar-refractivity contribution is -0.146. The van der Waals surface area contributed by atoms with Gasteiger partial charge in [-0.05, 0) is 12.8 Å². The molecule has 0 aromatic heterocycles. The minimum Gasteiger partial charge on any atom is -0.335 e. The van der Waals surface area contributed by atoms with Gasteiger partial charge in [0, 0.05) is 32.2 Å². The molecule has 0 radical (unpaired) electrons. The van der Waals surface area contributed by atoms with Crippen molar-refractivity contribution in [3.63, 3.8) is 0 Å². The summed E-state index contributed by atoms with van der Waals surface area (Å²) in [5.41, 5.74) is 0. The number of hydrogen-bond donors (Lipinski definition) is 1. The summed E-state index contributed by atoms with van der Waals surface area (Å²) in [6.45, 7) is 2.79. The summed E-state index contributed by atoms with van der Waals surface area (Å²) in [5, 5.41) is 10.6. The van der Waals surface area contributed by atoms with Crippen molar-refractivity contribution < 1.29 is 9.59 Å². The van der Waals surface area contributed by atoms with Crippen LogP contribution in [0.5, 0.6) is 0 Å². The van der Waals surface area contributed by atoms with Crippen molar-refractivity contribution in [1.82, 2.24) is 15.1 Å². The van der Waals surface area contributed by atoms with Gasteiger partial charge >= 0.3 is 11.8 Å². The molecule has 1 aliphatic heterocycles. The third-order valence-electron chi connectivity index (χ3n) is 3.19. The number of carbonyl (C=O) groups excluding carboxylic acids is 2. The Kier molecular flexibility index (Phi) is 3.59. The molecule has 1 saturated heterocycles. The van der Waals surface area contributed by atoms with E-state index in [1.54, 1.807) is 11.0 Å². The van der Waals surface area contributed by atoms with E-state index in [9.17, 15) is 9.59 Å². The molecule has 17 heavy (non-hydrogen) atoms. The largest absolute Gasteiger partial charge is 0.335 e. The molecule has 2 aliphatic rings. The fourth-order valence-corrected chi connectivity index (χ4v) is 2.07. The molecule has 2 rings (SSSR count). The Labute approximate surface area is 100 Å². The normalized spacial score (nSPS) is 20.8. The third-order valence-corrected chi connectivity index (χ3v) is 3.19. The summed E-state index contributed by atoms with van der Waals surface area (Å²) >= 11 is 0. The lowest BCUT2D eigenvalue weighted by Gasteiger charge is -2.34. The second-order valence-corrected chi connectivity index (χ2v) is 4.40. The molecule has 0 spiro atoms. The molecule has 92 valence electrons. The van der Waals surface area contributed by atoms with Crippen molar-refractivity contribution in [2.45, 2.75) is 18.9 Å². The summed E-state index contributed by atoms with van der Waals surface area (Å²) < 4.78 is 0. The maximum Gasteiger partial charge on any atom is 0.311 e. The van der Waals surface area contributed by atoms with Crippen LogP contribution in [0, 0.1) is 11.3 Å². The number of amides is 2. The van der Waals surface area contributed by atoms with E-state index in [4.69, 9.17) is 5.26 Å². The predicted molar refractivity (Wildman–Crippen MR) is 59.8 cm³/mol. The van der Waals surface area contributed by atoms with E-state index in [0.29, 0.717) is 19.1 Å². The second kappa shape index (κ2) is 5.15. The molecule has 6 nitrogen and oxygen atoms in total. The number of piperazine rings is 1. The Hall–Kier alpha value is -1.61. The fraction of sp³-hybridized carbons (Fsp3) is 0.727. The zero-order valence-electron chi connectivity index (χ0n) is 9.69. The van der Waals surface area contributed by atoms with Gasteiger partial charge in [-0.15, -0.1) is 0 Å². The Bertz CT molecular complexity index is 351. The van der Waals surface area contributed by atoms with Crippen LogP contribution in [0.25, 0.3) is 0 Å². The third kappa shape index (κ3) is 2.94. The van der Waals surface area contributed by atoms with Crippen LogP contribution >= 0.6 is 0 Å². The van der Waals surface area contributed by atoms with Gasteiger partial charge in [0.25, 0.3) is 0 Å². The monoisotopic (exact) mass is 236 g/mol. The number of nitrogens with one attached hydrogen (secondary N) is 1. The highest BCUT2D eigenvalue weighted by Gasteiger charge is 2.33. The smallest absolute Gasteiger partial charge is 0.311 e. The first-order valence-corrected chi connectivity index (χ1v) is 5.90. The van der Waals surface area contributed by atoms with Gasteiger partial charge in [-0.3, -0.25) is 14.5 Å². The Morgan fingerprint density at radius 2 is 1.88 bits per heavy atom. The summed E-state index contributed by atoms with van der Waals surface area (Å²) in [7, 11) is 0. The van der Waals surface area contributed by atoms with E-state index in [1.807, 2.05) is 0 Å². The molecule has 1 saturated carbocycles. The number of carbonyl (C=O) groups is 2. The molecule has 0 atom stereocenters. The number of hydrogen-bond acceptors (Lipinski definition) is 4. The van der Waals surface area contributed by atoms with Crippen LogP contribution in [-0.2, 0) is 9.59 Å². The van der Waals surface area contributed by atoms with Crippen LogP contribution in [0.3, 0.4) is 0 Å². The first-order valence-electron chi connectivity index (χ1n) is 5.90. The van der Waals surface area contributed by atoms with E-state index in [1.165, 1.54) is 12.8 Å². The zero-order valence-corrected chi connectivity index (χ0v) is 9.69. The lowest BCUT2D eigenvalue weighted by Crippen LogP contribution is -2.53. The van der Waals surface area contributed by atoms with Gasteiger partial charge in [0.05, 0.1) is 6.07 Å². The van der Waals surface area contributed by atoms with Gasteiger partial charge < -0.3 is 10.2 Å². The van der Waals surface area contributed by atoms with Crippen molar-refractivity contribution in [2.24, 2.45) is 0 Å². The van der Waals surface area contributed by atoms with E-state index in [-0.39, 0.29) is 6.54 Å². The van der Waals surface area contributed by atoms with Gasteiger partial charge in [-0.25, -0.2) is 0 Å². The molecular formula is C11H16N4O2. The van der Waals surface area contributed by atoms with E-state index in [0.717, 1.165) is 13.1 Å². The highest BCUT2D eigenvalue weighted by atomic mass is 16.2. The standard InChI is InChI=1S/C11H16N4O2/c12-3-4-13-10(16)11(17)15-7-5-14(6-8-15)9-1-2-9/h9H,1-2,4-8H2,(H,13,16). The van der Waals surface area contributed by atoms with Crippen molar-refractivity contribution in [2.75, 3.05) is 32.7 Å². The number of nitriles is 1. The summed E-state index contributed by atoms with van der Waals surface area (Å²) in [5.74, 6) is -1.19. The van der Waals surface area contributed by atoms with Crippen LogP contribution in [0.1, 0.15) is 12.8 Å². The Morgan fingerprint density at radius 1 is 1.24 bits per heavy atom. The SMILES string of the molecule is N#CCNC(=O)C(=O)N1CCN(C2CC2)CC1. The first kappa shape index (κ1) is 11.9. The van der Waals surface area contributed by atoms with Crippen molar-refractivity contribution >= 4 is 11.8 Å². The first-order chi connectivity index (χ1) is 8.22. The van der Waals surface area contributed by atoms with Gasteiger partial charge in [-0.1, -0.05) is 0 Å². The molecular weight excluding hydrogens is 220 g/mol. The average Bonchev–Trinajstić information content (AvgIpc) is 3.19. The minimum absolute atomic E-state index is 0.118. The molecule has 1 N–H and O–H groups in total. The topological polar surface area (TPSA) is 76.4 Å². The molecule has 0 unspecified atom stereocenters. The van der Waals surface area contributed by atoms with E-state index in [2.05, 4.69) is 10.2 Å². The summed E-state index contributed by atoms with van der Waals surface area (Å²) in [6, 6.07) is 2.48. The highest BCUT2D eigenvalue weighted by molar-refractivity contribution is 6.35. The molecule has 0 bridgehead atoms. The maximum absolute atomic E-state index is 11.7. The second-order valence-electron chi connectivity index (χ2n) is 4.40. The fourth-order valence-electron chi connectivity index (χ4n) is 2.07. The summed E-state index contributed by atoms with van der Waals surface area (Å²) in [4.78, 5) is 27.0. The molecule has 2 fully saturated rings. The van der Waals surface area contributed by atoms with Crippen LogP contribution in [-0.4, -0.2) is 60.4 Å². The lowest BCUT2D eigenvalue weighted by atomic mass is 10.3. The van der Waals surface area contributed by atoms with E-state index < -0.39 is 11.8 Å². The predicted octanol–water partition coefficient (Wildman–Crippen LogP) is -1.07. The minimum atomic E-state index is -0.675. The van der Waals surface area contributed by atoms with Gasteiger partial charge in [0.2, 0.25) is 0 Å². The molecule has 1 heterocycles. The molecule has 2 amide bonds. The Morgan fingerprint density at radius 3 is 2.41 bits per heavy atom.